The number of hydrogen-bond acceptors (Lipinski definition) is 0. The van der Waals surface area contributed by atoms with E-state index in [1.54, 1.807) is 5.30 Å². The van der Waals surface area contributed by atoms with E-state index in [1.165, 1.54) is 0 Å². The fraction of sp³-hybridized carbons (Fsp3) is 0.500. The predicted molar refractivity (Wildman–Crippen MR) is 82.4 cm³/mol. The van der Waals surface area contributed by atoms with Crippen molar-refractivity contribution in [2.45, 2.75) is 0 Å². The Morgan fingerprint density at radius 1 is 0.733 bits per heavy atom. The van der Waals surface area contributed by atoms with E-state index in [9.17, 15) is 0 Å². The molecule has 0 bridgehead atoms. The third-order valence-electron chi connectivity index (χ3n) is 2.12. The highest BCUT2D eigenvalue weighted by molar-refractivity contribution is 8.71. The van der Waals surface area contributed by atoms with Crippen LogP contribution in [-0.4, -0.2) is 40.0 Å². The lowest BCUT2D eigenvalue weighted by atomic mass is 10.4. The zero-order valence-corrected chi connectivity index (χ0v) is 13.4. The molecule has 0 aliphatic rings. The lowest BCUT2D eigenvalue weighted by Gasteiger charge is -2.28. The maximum Gasteiger partial charge on any atom is 0.238 e. The minimum absolute atomic E-state index is 0.0844. The highest BCUT2D eigenvalue weighted by Gasteiger charge is 2.49. The Balaban J connectivity index is 3.15. The fourth-order valence-corrected chi connectivity index (χ4v) is 29.8. The van der Waals surface area contributed by atoms with Crippen LogP contribution in [0.25, 0.3) is 0 Å². The van der Waals surface area contributed by atoms with Gasteiger partial charge in [-0.1, -0.05) is 18.2 Å². The number of benzene rings is 1. The molecule has 0 saturated carbocycles. The van der Waals surface area contributed by atoms with Crippen molar-refractivity contribution in [1.29, 1.82) is 0 Å². The maximum atomic E-state index is 2.50. The molecule has 0 aliphatic carbocycles. The number of hydrogen-bond donors (Lipinski definition) is 0. The van der Waals surface area contributed by atoms with Crippen molar-refractivity contribution in [3.63, 3.8) is 0 Å². The number of rotatable bonds is 3. The molecule has 0 atom stereocenters. The first kappa shape index (κ1) is 13.6. The summed E-state index contributed by atoms with van der Waals surface area (Å²) in [5, 5.41) is 1.62. The lowest BCUT2D eigenvalue weighted by Crippen LogP contribution is -2.04. The molecule has 0 aliphatic heterocycles. The van der Waals surface area contributed by atoms with Crippen LogP contribution in [0.4, 0.5) is 0 Å². The molecular formula is C12H23P3+2. The molecule has 1 rings (SSSR count). The summed E-state index contributed by atoms with van der Waals surface area (Å²) >= 11 is 0. The van der Waals surface area contributed by atoms with Gasteiger partial charge in [0.1, 0.15) is 0 Å². The normalized spacial score (nSPS) is 13.3. The maximum absolute atomic E-state index is 2.50. The molecule has 0 unspecified atom stereocenters. The monoisotopic (exact) mass is 260 g/mol. The van der Waals surface area contributed by atoms with Crippen molar-refractivity contribution in [3.05, 3.63) is 30.3 Å². The van der Waals surface area contributed by atoms with E-state index in [-0.39, 0.29) is 7.30 Å². The van der Waals surface area contributed by atoms with Crippen LogP contribution >= 0.6 is 21.2 Å². The van der Waals surface area contributed by atoms with Gasteiger partial charge in [0.25, 0.3) is 0 Å². The molecule has 0 aromatic heterocycles. The van der Waals surface area contributed by atoms with Crippen LogP contribution in [0.5, 0.6) is 0 Å². The van der Waals surface area contributed by atoms with E-state index in [4.69, 9.17) is 0 Å². The average Bonchev–Trinajstić information content (AvgIpc) is 2.00. The smallest absolute Gasteiger partial charge is 0.0622 e. The summed E-state index contributed by atoms with van der Waals surface area (Å²) in [4.78, 5) is 0. The van der Waals surface area contributed by atoms with Crippen molar-refractivity contribution in [2.24, 2.45) is 0 Å². The van der Waals surface area contributed by atoms with Crippen LogP contribution in [0, 0.1) is 0 Å². The van der Waals surface area contributed by atoms with Gasteiger partial charge < -0.3 is 0 Å². The van der Waals surface area contributed by atoms with Gasteiger partial charge in [-0.15, -0.1) is 0 Å². The van der Waals surface area contributed by atoms with Crippen molar-refractivity contribution in [3.8, 4) is 0 Å². The second-order valence-electron chi connectivity index (χ2n) is 5.51. The zero-order chi connectivity index (χ0) is 11.7. The predicted octanol–water partition coefficient (Wildman–Crippen LogP) is 4.44. The molecule has 0 spiro atoms. The highest BCUT2D eigenvalue weighted by Crippen LogP contribution is 2.96. The summed E-state index contributed by atoms with van der Waals surface area (Å²) in [5.74, 6) is 0. The molecule has 15 heavy (non-hydrogen) atoms. The van der Waals surface area contributed by atoms with Crippen LogP contribution in [-0.2, 0) is 0 Å². The van der Waals surface area contributed by atoms with Crippen LogP contribution in [0.2, 0.25) is 0 Å². The van der Waals surface area contributed by atoms with Gasteiger partial charge in [-0.05, 0) is 12.1 Å². The largest absolute Gasteiger partial charge is 0.238 e. The molecule has 0 N–H and O–H groups in total. The fourth-order valence-electron chi connectivity index (χ4n) is 2.06. The quantitative estimate of drug-likeness (QED) is 0.705. The van der Waals surface area contributed by atoms with Crippen LogP contribution in [0.3, 0.4) is 0 Å². The van der Waals surface area contributed by atoms with Gasteiger partial charge in [0.15, 0.2) is 0 Å². The summed E-state index contributed by atoms with van der Waals surface area (Å²) in [6.07, 6.45) is 0. The zero-order valence-electron chi connectivity index (χ0n) is 10.7. The average molecular weight is 260 g/mol. The van der Waals surface area contributed by atoms with Gasteiger partial charge in [0.05, 0.1) is 59.2 Å². The first-order valence-electron chi connectivity index (χ1n) is 5.22. The van der Waals surface area contributed by atoms with Crippen molar-refractivity contribution in [1.82, 2.24) is 0 Å². The summed E-state index contributed by atoms with van der Waals surface area (Å²) < 4.78 is 0. The highest BCUT2D eigenvalue weighted by atomic mass is 32.5. The van der Waals surface area contributed by atoms with Crippen molar-refractivity contribution in [2.75, 3.05) is 40.0 Å². The Bertz CT molecular complexity index is 292. The van der Waals surface area contributed by atoms with Gasteiger partial charge in [-0.25, -0.2) is 0 Å². The Morgan fingerprint density at radius 3 is 1.47 bits per heavy atom. The van der Waals surface area contributed by atoms with Gasteiger partial charge in [-0.2, -0.15) is 0 Å². The van der Waals surface area contributed by atoms with Crippen molar-refractivity contribution >= 4 is 26.5 Å². The molecule has 1 aromatic carbocycles. The summed E-state index contributed by atoms with van der Waals surface area (Å²) in [7, 11) is 0.0844. The minimum Gasteiger partial charge on any atom is -0.0622 e. The topological polar surface area (TPSA) is 0 Å². The molecule has 0 saturated heterocycles. The molecule has 0 heterocycles. The molecular weight excluding hydrogens is 237 g/mol. The molecule has 0 amide bonds. The molecule has 3 heteroatoms. The van der Waals surface area contributed by atoms with Crippen LogP contribution in [0.1, 0.15) is 0 Å². The van der Waals surface area contributed by atoms with E-state index in [0.29, 0.717) is 0 Å². The summed E-state index contributed by atoms with van der Waals surface area (Å²) in [6, 6.07) is 11.2. The lowest BCUT2D eigenvalue weighted by molar-refractivity contribution is 1.78. The van der Waals surface area contributed by atoms with Crippen LogP contribution in [0.15, 0.2) is 30.3 Å². The van der Waals surface area contributed by atoms with E-state index in [0.717, 1.165) is 0 Å². The van der Waals surface area contributed by atoms with Gasteiger partial charge >= 0.3 is 0 Å². The van der Waals surface area contributed by atoms with Gasteiger partial charge in [0.2, 0.25) is 7.30 Å². The third kappa shape index (κ3) is 3.78. The van der Waals surface area contributed by atoms with E-state index < -0.39 is 13.9 Å². The first-order valence-corrected chi connectivity index (χ1v) is 14.2. The molecule has 0 radical (unpaired) electrons. The van der Waals surface area contributed by atoms with Crippen LogP contribution < -0.4 is 5.30 Å². The van der Waals surface area contributed by atoms with E-state index >= 15 is 0 Å². The first-order chi connectivity index (χ1) is 6.73. The third-order valence-corrected chi connectivity index (χ3v) is 23.0. The van der Waals surface area contributed by atoms with Gasteiger partial charge in [-0.3, -0.25) is 0 Å². The Morgan fingerprint density at radius 2 is 1.13 bits per heavy atom. The summed E-state index contributed by atoms with van der Waals surface area (Å²) in [6.45, 7) is 13.5. The Kier molecular flexibility index (Phi) is 4.34. The minimum atomic E-state index is -0.755. The SMILES string of the molecule is C[P+](C)(C)P(c1ccccc1)[P+](C)(C)C. The molecule has 84 valence electrons. The summed E-state index contributed by atoms with van der Waals surface area (Å²) in [5.41, 5.74) is 0. The molecule has 1 aromatic rings. The second kappa shape index (κ2) is 4.79. The van der Waals surface area contributed by atoms with Gasteiger partial charge in [0, 0.05) is 0 Å². The molecule has 0 nitrogen and oxygen atoms in total. The van der Waals surface area contributed by atoms with E-state index in [1.807, 2.05) is 0 Å². The standard InChI is InChI=1S/C12H23P3/c1-14(2,3)13(15(4,5)6)12-10-8-7-9-11-12/h7-11H,1-6H3/q+2. The second-order valence-corrected chi connectivity index (χ2v) is 24.9. The Labute approximate surface area is 97.1 Å². The molecule has 0 fully saturated rings. The van der Waals surface area contributed by atoms with E-state index in [2.05, 4.69) is 70.3 Å². The van der Waals surface area contributed by atoms with Crippen molar-refractivity contribution < 1.29 is 0 Å². The Hall–Kier alpha value is 0.510.